The number of rotatable bonds is 4. The Morgan fingerprint density at radius 2 is 1.83 bits per heavy atom. The van der Waals surface area contributed by atoms with E-state index in [1.807, 2.05) is 31.2 Å². The molecule has 2 aliphatic rings. The van der Waals surface area contributed by atoms with Gasteiger partial charge >= 0.3 is 0 Å². The van der Waals surface area contributed by atoms with Crippen LogP contribution in [0.25, 0.3) is 6.08 Å². The maximum atomic E-state index is 12.8. The Bertz CT molecular complexity index is 934. The number of likely N-dealkylation sites (tertiary alicyclic amines) is 2. The van der Waals surface area contributed by atoms with Crippen molar-refractivity contribution in [3.05, 3.63) is 71.6 Å². The number of aliphatic hydroxyl groups excluding tert-OH is 1. The van der Waals surface area contributed by atoms with Crippen molar-refractivity contribution < 1.29 is 14.7 Å². The number of allylic oxidation sites excluding steroid dienone is 1. The van der Waals surface area contributed by atoms with Crippen molar-refractivity contribution in [2.75, 3.05) is 19.7 Å². The molecule has 1 spiro atoms. The molecular weight excluding hydrogens is 366 g/mol. The minimum Gasteiger partial charge on any atom is -0.394 e. The van der Waals surface area contributed by atoms with E-state index in [0.29, 0.717) is 18.7 Å². The quantitative estimate of drug-likeness (QED) is 0.868. The van der Waals surface area contributed by atoms with Crippen molar-refractivity contribution in [3.8, 4) is 0 Å². The van der Waals surface area contributed by atoms with Crippen molar-refractivity contribution >= 4 is 17.9 Å². The van der Waals surface area contributed by atoms with Gasteiger partial charge in [-0.1, -0.05) is 36.4 Å². The van der Waals surface area contributed by atoms with E-state index in [2.05, 4.69) is 17.1 Å². The predicted octanol–water partition coefficient (Wildman–Crippen LogP) is 2.32. The minimum absolute atomic E-state index is 0.00227. The molecule has 2 atom stereocenters. The SMILES string of the molecule is C/C=C/c1ccc([C@H]2[C@@H](CO)N(C(C)=O)C23CN(C(=O)c2ccncc2)C3)cc1. The van der Waals surface area contributed by atoms with Gasteiger partial charge in [-0.15, -0.1) is 0 Å². The Hall–Kier alpha value is -2.99. The molecule has 29 heavy (non-hydrogen) atoms. The summed E-state index contributed by atoms with van der Waals surface area (Å²) in [5.41, 5.74) is 2.33. The molecule has 1 aromatic carbocycles. The van der Waals surface area contributed by atoms with Gasteiger partial charge in [-0.3, -0.25) is 14.6 Å². The fourth-order valence-electron chi connectivity index (χ4n) is 4.96. The third kappa shape index (κ3) is 3.04. The summed E-state index contributed by atoms with van der Waals surface area (Å²) in [5, 5.41) is 9.99. The number of hydrogen-bond acceptors (Lipinski definition) is 4. The Morgan fingerprint density at radius 3 is 2.38 bits per heavy atom. The number of carbonyl (C=O) groups excluding carboxylic acids is 2. The number of aliphatic hydroxyl groups is 1. The van der Waals surface area contributed by atoms with Gasteiger partial charge in [0.25, 0.3) is 5.91 Å². The van der Waals surface area contributed by atoms with Crippen molar-refractivity contribution in [1.82, 2.24) is 14.8 Å². The first kappa shape index (κ1) is 19.3. The normalized spacial score (nSPS) is 22.4. The summed E-state index contributed by atoms with van der Waals surface area (Å²) < 4.78 is 0. The largest absolute Gasteiger partial charge is 0.394 e. The van der Waals surface area contributed by atoms with Crippen molar-refractivity contribution in [2.45, 2.75) is 31.3 Å². The van der Waals surface area contributed by atoms with E-state index in [9.17, 15) is 14.7 Å². The lowest BCUT2D eigenvalue weighted by Crippen LogP contribution is -2.85. The van der Waals surface area contributed by atoms with Crippen LogP contribution in [-0.4, -0.2) is 63.0 Å². The maximum Gasteiger partial charge on any atom is 0.254 e. The summed E-state index contributed by atoms with van der Waals surface area (Å²) >= 11 is 0. The molecular formula is C23H25N3O3. The highest BCUT2D eigenvalue weighted by Crippen LogP contribution is 2.54. The molecule has 3 heterocycles. The Kier molecular flexibility index (Phi) is 4.96. The summed E-state index contributed by atoms with van der Waals surface area (Å²) in [6, 6.07) is 11.4. The van der Waals surface area contributed by atoms with Gasteiger partial charge in [0.2, 0.25) is 5.91 Å². The highest BCUT2D eigenvalue weighted by molar-refractivity contribution is 5.95. The highest BCUT2D eigenvalue weighted by atomic mass is 16.3. The van der Waals surface area contributed by atoms with Crippen LogP contribution in [0.3, 0.4) is 0 Å². The van der Waals surface area contributed by atoms with E-state index in [1.165, 1.54) is 6.92 Å². The van der Waals surface area contributed by atoms with Crippen LogP contribution in [0.4, 0.5) is 0 Å². The van der Waals surface area contributed by atoms with Gasteiger partial charge in [-0.25, -0.2) is 0 Å². The summed E-state index contributed by atoms with van der Waals surface area (Å²) in [4.78, 5) is 32.6. The van der Waals surface area contributed by atoms with Crippen molar-refractivity contribution in [2.24, 2.45) is 0 Å². The molecule has 0 unspecified atom stereocenters. The zero-order valence-corrected chi connectivity index (χ0v) is 16.7. The van der Waals surface area contributed by atoms with Crippen LogP contribution >= 0.6 is 0 Å². The van der Waals surface area contributed by atoms with E-state index in [1.54, 1.807) is 34.3 Å². The fraction of sp³-hybridized carbons (Fsp3) is 0.348. The maximum absolute atomic E-state index is 12.8. The van der Waals surface area contributed by atoms with Crippen LogP contribution < -0.4 is 0 Å². The van der Waals surface area contributed by atoms with Gasteiger partial charge in [-0.2, -0.15) is 0 Å². The van der Waals surface area contributed by atoms with Gasteiger partial charge < -0.3 is 14.9 Å². The molecule has 0 radical (unpaired) electrons. The molecule has 6 heteroatoms. The fourth-order valence-corrected chi connectivity index (χ4v) is 4.96. The molecule has 0 bridgehead atoms. The van der Waals surface area contributed by atoms with Gasteiger partial charge in [0, 0.05) is 43.9 Å². The molecule has 6 nitrogen and oxygen atoms in total. The van der Waals surface area contributed by atoms with Crippen LogP contribution in [0.15, 0.2) is 54.9 Å². The first-order valence-electron chi connectivity index (χ1n) is 9.84. The Balaban J connectivity index is 1.61. The van der Waals surface area contributed by atoms with Gasteiger partial charge in [0.1, 0.15) is 0 Å². The van der Waals surface area contributed by atoms with Gasteiger partial charge in [0.15, 0.2) is 0 Å². The van der Waals surface area contributed by atoms with E-state index in [0.717, 1.165) is 11.1 Å². The van der Waals surface area contributed by atoms with E-state index < -0.39 is 5.54 Å². The Labute approximate surface area is 170 Å². The van der Waals surface area contributed by atoms with Crippen LogP contribution in [-0.2, 0) is 4.79 Å². The van der Waals surface area contributed by atoms with E-state index in [-0.39, 0.29) is 30.4 Å². The average Bonchev–Trinajstić information content (AvgIpc) is 2.68. The number of hydrogen-bond donors (Lipinski definition) is 1. The lowest BCUT2D eigenvalue weighted by molar-refractivity contribution is -0.191. The first-order valence-corrected chi connectivity index (χ1v) is 9.84. The van der Waals surface area contributed by atoms with E-state index in [4.69, 9.17) is 0 Å². The van der Waals surface area contributed by atoms with Gasteiger partial charge in [0.05, 0.1) is 18.2 Å². The molecule has 0 aliphatic carbocycles. The van der Waals surface area contributed by atoms with Crippen LogP contribution in [0.2, 0.25) is 0 Å². The second-order valence-electron chi connectivity index (χ2n) is 7.78. The smallest absolute Gasteiger partial charge is 0.254 e. The molecule has 2 aromatic rings. The summed E-state index contributed by atoms with van der Waals surface area (Å²) in [6.07, 6.45) is 7.22. The molecule has 2 aliphatic heterocycles. The lowest BCUT2D eigenvalue weighted by Gasteiger charge is -2.70. The topological polar surface area (TPSA) is 73.7 Å². The third-order valence-electron chi connectivity index (χ3n) is 6.10. The first-order chi connectivity index (χ1) is 14.0. The second kappa shape index (κ2) is 7.44. The lowest BCUT2D eigenvalue weighted by atomic mass is 9.60. The molecule has 2 saturated heterocycles. The van der Waals surface area contributed by atoms with E-state index >= 15 is 0 Å². The zero-order valence-electron chi connectivity index (χ0n) is 16.7. The summed E-state index contributed by atoms with van der Waals surface area (Å²) in [7, 11) is 0. The standard InChI is InChI=1S/C23H25N3O3/c1-3-4-17-5-7-18(8-6-17)21-20(13-27)26(16(2)28)23(21)14-25(15-23)22(29)19-9-11-24-12-10-19/h3-12,20-21,27H,13-15H2,1-2H3/b4-3+/t20-,21+/m1/s1. The van der Waals surface area contributed by atoms with Crippen LogP contribution in [0.5, 0.6) is 0 Å². The van der Waals surface area contributed by atoms with Crippen LogP contribution in [0.1, 0.15) is 41.3 Å². The molecule has 150 valence electrons. The number of benzene rings is 1. The zero-order chi connectivity index (χ0) is 20.6. The molecule has 1 N–H and O–H groups in total. The highest BCUT2D eigenvalue weighted by Gasteiger charge is 2.67. The average molecular weight is 391 g/mol. The molecule has 4 rings (SSSR count). The number of carbonyl (C=O) groups is 2. The number of amides is 2. The van der Waals surface area contributed by atoms with Crippen molar-refractivity contribution in [3.63, 3.8) is 0 Å². The number of pyridine rings is 1. The molecule has 1 aromatic heterocycles. The molecule has 0 saturated carbocycles. The summed E-state index contributed by atoms with van der Waals surface area (Å²) in [5.74, 6) is -0.129. The summed E-state index contributed by atoms with van der Waals surface area (Å²) in [6.45, 7) is 4.34. The van der Waals surface area contributed by atoms with Gasteiger partial charge in [-0.05, 0) is 30.2 Å². The van der Waals surface area contributed by atoms with Crippen molar-refractivity contribution in [1.29, 1.82) is 0 Å². The Morgan fingerprint density at radius 1 is 1.17 bits per heavy atom. The second-order valence-corrected chi connectivity index (χ2v) is 7.78. The predicted molar refractivity (Wildman–Crippen MR) is 110 cm³/mol. The number of nitrogens with zero attached hydrogens (tertiary/aromatic N) is 3. The number of aromatic nitrogens is 1. The third-order valence-corrected chi connectivity index (χ3v) is 6.10. The molecule has 2 fully saturated rings. The monoisotopic (exact) mass is 391 g/mol. The minimum atomic E-state index is -0.454. The van der Waals surface area contributed by atoms with Crippen LogP contribution in [0, 0.1) is 0 Å². The molecule has 2 amide bonds.